The molecule has 0 atom stereocenters. The molecule has 1 aliphatic heterocycles. The van der Waals surface area contributed by atoms with E-state index in [-0.39, 0.29) is 17.8 Å². The van der Waals surface area contributed by atoms with Gasteiger partial charge in [0.25, 0.3) is 11.6 Å². The molecule has 2 aromatic rings. The summed E-state index contributed by atoms with van der Waals surface area (Å²) >= 11 is 0. The van der Waals surface area contributed by atoms with Crippen LogP contribution < -0.4 is 10.2 Å². The van der Waals surface area contributed by atoms with Gasteiger partial charge in [-0.25, -0.2) is 0 Å². The largest absolute Gasteiger partial charge is 0.416 e. The van der Waals surface area contributed by atoms with Gasteiger partial charge in [0.1, 0.15) is 5.69 Å². The van der Waals surface area contributed by atoms with Crippen molar-refractivity contribution in [3.8, 4) is 0 Å². The second kappa shape index (κ2) is 9.12. The number of carbonyl (C=O) groups excluding carboxylic acids is 1. The van der Waals surface area contributed by atoms with E-state index in [1.54, 1.807) is 6.07 Å². The van der Waals surface area contributed by atoms with Crippen molar-refractivity contribution in [3.05, 3.63) is 69.3 Å². The summed E-state index contributed by atoms with van der Waals surface area (Å²) in [5, 5.41) is 14.1. The van der Waals surface area contributed by atoms with Crippen molar-refractivity contribution in [1.29, 1.82) is 0 Å². The number of nitrogens with zero attached hydrogens (tertiary/aromatic N) is 2. The summed E-state index contributed by atoms with van der Waals surface area (Å²) in [6.45, 7) is 2.19. The molecule has 1 aliphatic rings. The smallest absolute Gasteiger partial charge is 0.378 e. The molecule has 0 saturated carbocycles. The van der Waals surface area contributed by atoms with E-state index in [1.807, 2.05) is 4.90 Å². The van der Waals surface area contributed by atoms with Crippen LogP contribution in [0.4, 0.5) is 24.5 Å². The van der Waals surface area contributed by atoms with Crippen LogP contribution >= 0.6 is 0 Å². The van der Waals surface area contributed by atoms with E-state index in [2.05, 4.69) is 5.32 Å². The van der Waals surface area contributed by atoms with Gasteiger partial charge in [0.2, 0.25) is 0 Å². The Balaban J connectivity index is 1.62. The fourth-order valence-corrected chi connectivity index (χ4v) is 3.17. The van der Waals surface area contributed by atoms with Crippen LogP contribution in [0.2, 0.25) is 0 Å². The molecule has 1 heterocycles. The van der Waals surface area contributed by atoms with Crippen LogP contribution in [0.5, 0.6) is 0 Å². The van der Waals surface area contributed by atoms with Crippen LogP contribution in [0.3, 0.4) is 0 Å². The summed E-state index contributed by atoms with van der Waals surface area (Å²) in [7, 11) is 0. The summed E-state index contributed by atoms with van der Waals surface area (Å²) in [5.41, 5.74) is 0.322. The summed E-state index contributed by atoms with van der Waals surface area (Å²) in [4.78, 5) is 25.2. The monoisotopic (exact) mass is 423 g/mol. The zero-order valence-corrected chi connectivity index (χ0v) is 15.9. The van der Waals surface area contributed by atoms with Crippen LogP contribution in [0.25, 0.3) is 0 Å². The molecule has 1 saturated heterocycles. The number of amides is 1. The molecule has 30 heavy (non-hydrogen) atoms. The lowest BCUT2D eigenvalue weighted by atomic mass is 10.1. The number of anilines is 1. The lowest BCUT2D eigenvalue weighted by molar-refractivity contribution is -0.384. The number of nitrogens with one attached hydrogen (secondary N) is 1. The van der Waals surface area contributed by atoms with Gasteiger partial charge in [-0.05, 0) is 36.2 Å². The van der Waals surface area contributed by atoms with Gasteiger partial charge < -0.3 is 15.0 Å². The Kier molecular flexibility index (Phi) is 6.56. The summed E-state index contributed by atoms with van der Waals surface area (Å²) < 4.78 is 43.0. The Labute approximate surface area is 170 Å². The molecule has 0 radical (unpaired) electrons. The first-order chi connectivity index (χ1) is 14.3. The summed E-state index contributed by atoms with van der Waals surface area (Å²) in [6.07, 6.45) is -4.06. The van der Waals surface area contributed by atoms with E-state index in [0.717, 1.165) is 12.1 Å². The van der Waals surface area contributed by atoms with Gasteiger partial charge in [0, 0.05) is 31.3 Å². The zero-order valence-electron chi connectivity index (χ0n) is 15.9. The standard InChI is InChI=1S/C20H20F3N3O4/c21-20(22,23)16-4-1-14(2-5-16)7-8-24-19(27)15-3-6-17(18(13-15)26(28)29)25-9-11-30-12-10-25/h1-6,13H,7-12H2,(H,24,27). The molecule has 0 bridgehead atoms. The maximum atomic E-state index is 12.6. The lowest BCUT2D eigenvalue weighted by Crippen LogP contribution is -2.36. The average molecular weight is 423 g/mol. The third-order valence-corrected chi connectivity index (χ3v) is 4.77. The Morgan fingerprint density at radius 2 is 1.80 bits per heavy atom. The molecule has 0 aromatic heterocycles. The van der Waals surface area contributed by atoms with Gasteiger partial charge in [-0.2, -0.15) is 13.2 Å². The molecule has 1 fully saturated rings. The van der Waals surface area contributed by atoms with Crippen LogP contribution in [-0.4, -0.2) is 43.7 Å². The molecule has 0 spiro atoms. The Hall–Kier alpha value is -3.14. The number of nitro benzene ring substituents is 1. The fraction of sp³-hybridized carbons (Fsp3) is 0.350. The number of morpholine rings is 1. The van der Waals surface area contributed by atoms with Crippen molar-refractivity contribution in [2.75, 3.05) is 37.7 Å². The number of ether oxygens (including phenoxy) is 1. The predicted molar refractivity (Wildman–Crippen MR) is 104 cm³/mol. The Morgan fingerprint density at radius 3 is 2.40 bits per heavy atom. The molecule has 1 amide bonds. The topological polar surface area (TPSA) is 84.7 Å². The van der Waals surface area contributed by atoms with Crippen LogP contribution in [0, 0.1) is 10.1 Å². The van der Waals surface area contributed by atoms with E-state index in [1.165, 1.54) is 24.3 Å². The lowest BCUT2D eigenvalue weighted by Gasteiger charge is -2.28. The third-order valence-electron chi connectivity index (χ3n) is 4.77. The molecular weight excluding hydrogens is 403 g/mol. The number of carbonyl (C=O) groups is 1. The number of benzene rings is 2. The number of hydrogen-bond donors (Lipinski definition) is 1. The van der Waals surface area contributed by atoms with E-state index in [0.29, 0.717) is 44.0 Å². The molecule has 0 unspecified atom stereocenters. The SMILES string of the molecule is O=C(NCCc1ccc(C(F)(F)F)cc1)c1ccc(N2CCOCC2)c([N+](=O)[O-])c1. The van der Waals surface area contributed by atoms with Crippen molar-refractivity contribution < 1.29 is 27.6 Å². The number of rotatable bonds is 6. The van der Waals surface area contributed by atoms with Crippen molar-refractivity contribution in [2.45, 2.75) is 12.6 Å². The Morgan fingerprint density at radius 1 is 1.13 bits per heavy atom. The third kappa shape index (κ3) is 5.26. The van der Waals surface area contributed by atoms with Gasteiger partial charge >= 0.3 is 6.18 Å². The van der Waals surface area contributed by atoms with E-state index in [4.69, 9.17) is 4.74 Å². The van der Waals surface area contributed by atoms with Gasteiger partial charge in [-0.3, -0.25) is 14.9 Å². The van der Waals surface area contributed by atoms with Crippen molar-refractivity contribution >= 4 is 17.3 Å². The maximum Gasteiger partial charge on any atom is 0.416 e. The van der Waals surface area contributed by atoms with Crippen LogP contribution in [0.15, 0.2) is 42.5 Å². The predicted octanol–water partition coefficient (Wildman–Crippen LogP) is 3.42. The van der Waals surface area contributed by atoms with E-state index in [9.17, 15) is 28.1 Å². The highest BCUT2D eigenvalue weighted by atomic mass is 19.4. The van der Waals surface area contributed by atoms with Gasteiger partial charge in [-0.1, -0.05) is 12.1 Å². The minimum atomic E-state index is -4.39. The molecule has 0 aliphatic carbocycles. The first-order valence-electron chi connectivity index (χ1n) is 9.31. The number of nitro groups is 1. The average Bonchev–Trinajstić information content (AvgIpc) is 2.73. The molecule has 10 heteroatoms. The van der Waals surface area contributed by atoms with Gasteiger partial charge in [0.15, 0.2) is 0 Å². The molecule has 3 rings (SSSR count). The highest BCUT2D eigenvalue weighted by Crippen LogP contribution is 2.30. The molecular formula is C20H20F3N3O4. The molecule has 1 N–H and O–H groups in total. The van der Waals surface area contributed by atoms with E-state index >= 15 is 0 Å². The number of alkyl halides is 3. The van der Waals surface area contributed by atoms with Gasteiger partial charge in [-0.15, -0.1) is 0 Å². The van der Waals surface area contributed by atoms with Gasteiger partial charge in [0.05, 0.1) is 23.7 Å². The van der Waals surface area contributed by atoms with Crippen LogP contribution in [-0.2, 0) is 17.3 Å². The zero-order chi connectivity index (χ0) is 21.7. The fourth-order valence-electron chi connectivity index (χ4n) is 3.17. The first kappa shape index (κ1) is 21.6. The molecule has 2 aromatic carbocycles. The summed E-state index contributed by atoms with van der Waals surface area (Å²) in [6, 6.07) is 9.00. The quantitative estimate of drug-likeness (QED) is 0.569. The van der Waals surface area contributed by atoms with Crippen molar-refractivity contribution in [1.82, 2.24) is 5.32 Å². The van der Waals surface area contributed by atoms with Crippen molar-refractivity contribution in [3.63, 3.8) is 0 Å². The van der Waals surface area contributed by atoms with Crippen LogP contribution in [0.1, 0.15) is 21.5 Å². The minimum absolute atomic E-state index is 0.145. The van der Waals surface area contributed by atoms with E-state index < -0.39 is 22.6 Å². The van der Waals surface area contributed by atoms with Crippen molar-refractivity contribution in [2.24, 2.45) is 0 Å². The summed E-state index contributed by atoms with van der Waals surface area (Å²) in [5.74, 6) is -0.487. The minimum Gasteiger partial charge on any atom is -0.378 e. The highest BCUT2D eigenvalue weighted by molar-refractivity contribution is 5.95. The normalized spacial score (nSPS) is 14.4. The molecule has 160 valence electrons. The maximum absolute atomic E-state index is 12.6. The second-order valence-electron chi connectivity index (χ2n) is 6.76. The highest BCUT2D eigenvalue weighted by Gasteiger charge is 2.30. The molecule has 7 nitrogen and oxygen atoms in total. The first-order valence-corrected chi connectivity index (χ1v) is 9.31. The number of hydrogen-bond acceptors (Lipinski definition) is 5. The number of halogens is 3. The second-order valence-corrected chi connectivity index (χ2v) is 6.76. The Bertz CT molecular complexity index is 911.